The molecule has 4 aromatic carbocycles. The van der Waals surface area contributed by atoms with Gasteiger partial charge in [0.05, 0.1) is 58.7 Å². The summed E-state index contributed by atoms with van der Waals surface area (Å²) >= 11 is 0. The molecular weight excluding hydrogens is 651 g/mol. The maximum Gasteiger partial charge on any atom is 0.137 e. The Balaban J connectivity index is 1.47. The molecule has 0 radical (unpaired) electrons. The van der Waals surface area contributed by atoms with E-state index in [9.17, 15) is 8.22 Å². The maximum absolute atomic E-state index is 9.42. The van der Waals surface area contributed by atoms with E-state index >= 15 is 0 Å². The number of rotatable bonds is 4. The van der Waals surface area contributed by atoms with E-state index in [4.69, 9.17) is 18.8 Å². The number of nitrogens with zero attached hydrogens (tertiary/aromatic N) is 2. The van der Waals surface area contributed by atoms with Crippen LogP contribution < -0.4 is 0 Å². The van der Waals surface area contributed by atoms with E-state index in [1.54, 1.807) is 24.3 Å². The van der Waals surface area contributed by atoms with Gasteiger partial charge < -0.3 is 13.8 Å². The number of aromatic nitrogens is 3. The van der Waals surface area contributed by atoms with Crippen molar-refractivity contribution in [1.82, 2.24) is 15.0 Å². The Morgan fingerprint density at radius 3 is 1.09 bits per heavy atom. The Morgan fingerprint density at radius 2 is 0.679 bits per heavy atom. The Morgan fingerprint density at radius 1 is 0.358 bits per heavy atom. The molecule has 250 valence electrons. The van der Waals surface area contributed by atoms with Gasteiger partial charge in [-0.25, -0.2) is 9.97 Å². The van der Waals surface area contributed by atoms with E-state index in [-0.39, 0.29) is 70.1 Å². The highest BCUT2D eigenvalue weighted by atomic mass is 16.3. The smallest absolute Gasteiger partial charge is 0.137 e. The normalized spacial score (nSPS) is 14.3. The SMILES string of the molecule is [2H]C1=C([2H])c2nc1c(-c1ccccc1)c1ccc(o1)c(-c1ccccc1)c1nc(c3[nH]c(c([2H])c3[2H])c(-c3ccccc3)c3ccc(o3)c2-c2ccccc2)C([2H])=C1[2H]. The number of hydrogen-bond donors (Lipinski definition) is 1. The first-order valence-electron chi connectivity index (χ1n) is 20.2. The van der Waals surface area contributed by atoms with Gasteiger partial charge in [-0.3, -0.25) is 0 Å². The molecule has 5 heteroatoms. The quantitative estimate of drug-likeness (QED) is 0.200. The molecule has 2 aliphatic rings. The fraction of sp³-hybridized carbons (Fsp3) is 0. The second-order valence-electron chi connectivity index (χ2n) is 12.5. The summed E-state index contributed by atoms with van der Waals surface area (Å²) in [6.45, 7) is 0. The van der Waals surface area contributed by atoms with Crippen molar-refractivity contribution in [2.24, 2.45) is 0 Å². The molecule has 2 aliphatic heterocycles. The van der Waals surface area contributed by atoms with Gasteiger partial charge in [-0.05, 0) is 82.8 Å². The summed E-state index contributed by atoms with van der Waals surface area (Å²) in [5.74, 6) is 0. The van der Waals surface area contributed by atoms with Crippen LogP contribution in [0.25, 0.3) is 102 Å². The summed E-state index contributed by atoms with van der Waals surface area (Å²) in [7, 11) is 0. The lowest BCUT2D eigenvalue weighted by atomic mass is 10.0. The van der Waals surface area contributed by atoms with E-state index in [0.717, 1.165) is 0 Å². The molecule has 0 amide bonds. The van der Waals surface area contributed by atoms with Crippen LogP contribution >= 0.6 is 0 Å². The van der Waals surface area contributed by atoms with E-state index in [1.165, 1.54) is 0 Å². The van der Waals surface area contributed by atoms with E-state index < -0.39 is 0 Å². The van der Waals surface area contributed by atoms with Gasteiger partial charge >= 0.3 is 0 Å². The Bertz CT molecular complexity index is 3260. The van der Waals surface area contributed by atoms with Crippen molar-refractivity contribution >= 4 is 57.6 Å². The zero-order chi connectivity index (χ0) is 40.4. The summed E-state index contributed by atoms with van der Waals surface area (Å²) < 4.78 is 69.2. The maximum atomic E-state index is 9.42. The lowest BCUT2D eigenvalue weighted by Gasteiger charge is -2.05. The van der Waals surface area contributed by atoms with E-state index in [0.29, 0.717) is 66.8 Å². The zero-order valence-corrected chi connectivity index (χ0v) is 28.1. The number of aromatic amines is 1. The minimum atomic E-state index is -0.216. The van der Waals surface area contributed by atoms with Crippen LogP contribution in [0.15, 0.2) is 167 Å². The molecular formula is C48H31N3O2. The third kappa shape index (κ3) is 5.52. The summed E-state index contributed by atoms with van der Waals surface area (Å²) in [4.78, 5) is 13.2. The lowest BCUT2D eigenvalue weighted by molar-refractivity contribution is 0.667. The van der Waals surface area contributed by atoms with Crippen molar-refractivity contribution in [1.29, 1.82) is 0 Å². The highest BCUT2D eigenvalue weighted by Gasteiger charge is 2.19. The van der Waals surface area contributed by atoms with Gasteiger partial charge in [0.2, 0.25) is 0 Å². The monoisotopic (exact) mass is 687 g/mol. The second-order valence-corrected chi connectivity index (χ2v) is 12.5. The van der Waals surface area contributed by atoms with Gasteiger partial charge in [-0.1, -0.05) is 121 Å². The van der Waals surface area contributed by atoms with Crippen molar-refractivity contribution in [3.8, 4) is 44.5 Å². The van der Waals surface area contributed by atoms with Crippen molar-refractivity contribution in [2.75, 3.05) is 0 Å². The lowest BCUT2D eigenvalue weighted by Crippen LogP contribution is -1.86. The van der Waals surface area contributed by atoms with Crippen LogP contribution in [-0.2, 0) is 0 Å². The number of H-pyrrole nitrogens is 1. The number of furan rings is 2. The first kappa shape index (κ1) is 24.8. The predicted octanol–water partition coefficient (Wildman–Crippen LogP) is 12.9. The molecule has 4 aromatic heterocycles. The Hall–Kier alpha value is -7.24. The van der Waals surface area contributed by atoms with E-state index in [2.05, 4.69) is 4.98 Å². The minimum Gasteiger partial charge on any atom is -0.456 e. The van der Waals surface area contributed by atoms with Crippen LogP contribution in [0.5, 0.6) is 0 Å². The molecule has 0 fully saturated rings. The Kier molecular flexibility index (Phi) is 6.01. The highest BCUT2D eigenvalue weighted by molar-refractivity contribution is 5.98. The molecule has 0 atom stereocenters. The molecule has 53 heavy (non-hydrogen) atoms. The molecule has 0 saturated carbocycles. The molecule has 10 rings (SSSR count). The topological polar surface area (TPSA) is 67.8 Å². The van der Waals surface area contributed by atoms with Crippen molar-refractivity contribution in [2.45, 2.75) is 0 Å². The standard InChI is InChI=1S/C48H31N3O2/c1-5-13-31(14-6-1)45-37-23-21-35(49-37)36-22-24-38(50-36)46(32-15-7-2-8-16-32)42-28-30-44(53-42)48(34-19-11-4-12-20-34)40-26-25-39(51-40)47(33-17-9-3-10-18-33)43-29-27-41(45)52-43/h1-30,49H/i21D,22D,23D,24D,25D,26D. The van der Waals surface area contributed by atoms with Crippen LogP contribution in [-0.4, -0.2) is 15.0 Å². The fourth-order valence-corrected chi connectivity index (χ4v) is 6.83. The molecule has 0 saturated heterocycles. The number of benzene rings is 4. The first-order chi connectivity index (χ1) is 28.8. The highest BCUT2D eigenvalue weighted by Crippen LogP contribution is 2.39. The van der Waals surface area contributed by atoms with Crippen molar-refractivity contribution in [3.05, 3.63) is 180 Å². The van der Waals surface area contributed by atoms with Crippen molar-refractivity contribution < 1.29 is 17.1 Å². The van der Waals surface area contributed by atoms with Gasteiger partial charge in [-0.2, -0.15) is 0 Å². The minimum absolute atomic E-state index is 0.0479. The molecule has 8 aromatic rings. The van der Waals surface area contributed by atoms with Crippen LogP contribution in [0.3, 0.4) is 0 Å². The van der Waals surface area contributed by atoms with Gasteiger partial charge in [0.15, 0.2) is 0 Å². The van der Waals surface area contributed by atoms with Crippen LogP contribution in [0, 0.1) is 0 Å². The van der Waals surface area contributed by atoms with Crippen LogP contribution in [0.4, 0.5) is 0 Å². The van der Waals surface area contributed by atoms with Crippen LogP contribution in [0.2, 0.25) is 0 Å². The third-order valence-corrected chi connectivity index (χ3v) is 9.25. The molecule has 0 unspecified atom stereocenters. The fourth-order valence-electron chi connectivity index (χ4n) is 6.83. The number of nitrogens with one attached hydrogen (secondary N) is 1. The number of fused-ring (bicyclic) bond motifs is 11. The van der Waals surface area contributed by atoms with Crippen LogP contribution in [0.1, 0.15) is 31.0 Å². The summed E-state index contributed by atoms with van der Waals surface area (Å²) in [5, 5.41) is 0. The van der Waals surface area contributed by atoms with Gasteiger partial charge in [0, 0.05) is 5.56 Å². The third-order valence-electron chi connectivity index (χ3n) is 9.25. The average molecular weight is 688 g/mol. The molecule has 1 N–H and O–H groups in total. The van der Waals surface area contributed by atoms with Gasteiger partial charge in [0.1, 0.15) is 22.3 Å². The van der Waals surface area contributed by atoms with E-state index in [1.807, 2.05) is 121 Å². The summed E-state index contributed by atoms with van der Waals surface area (Å²) in [6, 6.07) is 43.8. The summed E-state index contributed by atoms with van der Waals surface area (Å²) in [5.41, 5.74) is 7.22. The average Bonchev–Trinajstić information content (AvgIpc) is 4.11. The first-order valence-corrected chi connectivity index (χ1v) is 17.2. The Labute approximate surface area is 314 Å². The van der Waals surface area contributed by atoms with Gasteiger partial charge in [-0.15, -0.1) is 0 Å². The molecule has 0 spiro atoms. The predicted molar refractivity (Wildman–Crippen MR) is 217 cm³/mol. The molecule has 5 nitrogen and oxygen atoms in total. The zero-order valence-electron chi connectivity index (χ0n) is 34.1. The largest absolute Gasteiger partial charge is 0.456 e. The molecule has 6 heterocycles. The van der Waals surface area contributed by atoms with Crippen molar-refractivity contribution in [3.63, 3.8) is 0 Å². The number of hydrogen-bond acceptors (Lipinski definition) is 4. The summed E-state index contributed by atoms with van der Waals surface area (Å²) in [6.07, 6.45) is 0. The van der Waals surface area contributed by atoms with Gasteiger partial charge in [0.25, 0.3) is 0 Å². The second kappa shape index (κ2) is 12.8. The molecule has 10 bridgehead atoms. The molecule has 0 aliphatic carbocycles.